The molecule has 1 atom stereocenters. The first-order valence-electron chi connectivity index (χ1n) is 3.21. The van der Waals surface area contributed by atoms with Crippen molar-refractivity contribution >= 4 is 0 Å². The van der Waals surface area contributed by atoms with Gasteiger partial charge in [-0.05, 0) is 34.0 Å². The Morgan fingerprint density at radius 1 is 1.56 bits per heavy atom. The van der Waals surface area contributed by atoms with E-state index in [1.54, 1.807) is 0 Å². The maximum Gasteiger partial charge on any atom is 0.0653 e. The van der Waals surface area contributed by atoms with Crippen molar-refractivity contribution in [1.82, 2.24) is 4.90 Å². The molecule has 0 heterocycles. The fourth-order valence-electron chi connectivity index (χ4n) is 0.516. The second-order valence-electron chi connectivity index (χ2n) is 2.62. The third kappa shape index (κ3) is 5.32. The lowest BCUT2D eigenvalue weighted by atomic mass is 10.1. The molecule has 0 fully saturated rings. The fourth-order valence-corrected chi connectivity index (χ4v) is 0.516. The van der Waals surface area contributed by atoms with E-state index in [1.807, 2.05) is 21.0 Å². The quantitative estimate of drug-likeness (QED) is 0.566. The first-order chi connectivity index (χ1) is 4.16. The Kier molecular flexibility index (Phi) is 4.08. The normalized spacial score (nSPS) is 13.2. The van der Waals surface area contributed by atoms with E-state index in [9.17, 15) is 0 Å². The molecule has 0 rings (SSSR count). The molecule has 0 aromatic rings. The van der Waals surface area contributed by atoms with Gasteiger partial charge in [0.2, 0.25) is 0 Å². The lowest BCUT2D eigenvalue weighted by Crippen LogP contribution is -2.14. The Labute approximate surface area is 57.1 Å². The zero-order chi connectivity index (χ0) is 7.28. The molecule has 0 N–H and O–H groups in total. The van der Waals surface area contributed by atoms with Crippen LogP contribution in [0.1, 0.15) is 13.3 Å². The molecule has 0 saturated heterocycles. The van der Waals surface area contributed by atoms with E-state index < -0.39 is 0 Å². The largest absolute Gasteiger partial charge is 0.309 e. The van der Waals surface area contributed by atoms with E-state index >= 15 is 0 Å². The minimum absolute atomic E-state index is 0.201. The van der Waals surface area contributed by atoms with Crippen LogP contribution in [0.25, 0.3) is 0 Å². The van der Waals surface area contributed by atoms with E-state index in [-0.39, 0.29) is 5.92 Å². The van der Waals surface area contributed by atoms with Gasteiger partial charge in [0.1, 0.15) is 0 Å². The second kappa shape index (κ2) is 4.34. The summed E-state index contributed by atoms with van der Waals surface area (Å²) in [5.41, 5.74) is 0. The Morgan fingerprint density at radius 3 is 2.44 bits per heavy atom. The number of hydrogen-bond acceptors (Lipinski definition) is 2. The van der Waals surface area contributed by atoms with Gasteiger partial charge < -0.3 is 4.90 Å². The summed E-state index contributed by atoms with van der Waals surface area (Å²) in [4.78, 5) is 2.09. The molecule has 2 nitrogen and oxygen atoms in total. The van der Waals surface area contributed by atoms with Crippen molar-refractivity contribution in [3.63, 3.8) is 0 Å². The van der Waals surface area contributed by atoms with Crippen molar-refractivity contribution < 1.29 is 0 Å². The molecule has 0 aliphatic carbocycles. The maximum atomic E-state index is 8.38. The van der Waals surface area contributed by atoms with Crippen molar-refractivity contribution in [3.05, 3.63) is 0 Å². The van der Waals surface area contributed by atoms with Crippen LogP contribution in [0.15, 0.2) is 0 Å². The Morgan fingerprint density at radius 2 is 2.11 bits per heavy atom. The molecule has 0 spiro atoms. The monoisotopic (exact) mass is 126 g/mol. The Bertz CT molecular complexity index is 102. The van der Waals surface area contributed by atoms with Gasteiger partial charge in [-0.25, -0.2) is 0 Å². The number of nitrogens with zero attached hydrogens (tertiary/aromatic N) is 2. The molecule has 2 heteroatoms. The van der Waals surface area contributed by atoms with Crippen LogP contribution >= 0.6 is 0 Å². The summed E-state index contributed by atoms with van der Waals surface area (Å²) in [6.45, 7) is 2.96. The molecule has 0 saturated carbocycles. The van der Waals surface area contributed by atoms with E-state index in [0.29, 0.717) is 0 Å². The summed E-state index contributed by atoms with van der Waals surface area (Å²) in [7, 11) is 4.04. The van der Waals surface area contributed by atoms with Gasteiger partial charge in [0.25, 0.3) is 0 Å². The van der Waals surface area contributed by atoms with Crippen molar-refractivity contribution in [2.24, 2.45) is 5.92 Å². The van der Waals surface area contributed by atoms with Gasteiger partial charge >= 0.3 is 0 Å². The number of hydrogen-bond donors (Lipinski definition) is 0. The van der Waals surface area contributed by atoms with Gasteiger partial charge in [-0.15, -0.1) is 0 Å². The fraction of sp³-hybridized carbons (Fsp3) is 0.857. The standard InChI is InChI=1S/C7H14N2/c1-7(6-8)4-5-9(2)3/h7H,4-5H2,1-3H3. The summed E-state index contributed by atoms with van der Waals surface area (Å²) in [5.74, 6) is 0.201. The van der Waals surface area contributed by atoms with Crippen LogP contribution < -0.4 is 0 Å². The summed E-state index contributed by atoms with van der Waals surface area (Å²) in [6, 6.07) is 2.19. The zero-order valence-corrected chi connectivity index (χ0v) is 6.39. The first kappa shape index (κ1) is 8.45. The first-order valence-corrected chi connectivity index (χ1v) is 3.21. The van der Waals surface area contributed by atoms with Gasteiger partial charge in [-0.3, -0.25) is 0 Å². The van der Waals surface area contributed by atoms with Gasteiger partial charge in [0.05, 0.1) is 6.07 Å². The molecule has 0 aromatic carbocycles. The van der Waals surface area contributed by atoms with Crippen LogP contribution in [0.3, 0.4) is 0 Å². The van der Waals surface area contributed by atoms with Crippen LogP contribution in [-0.2, 0) is 0 Å². The predicted molar refractivity (Wildman–Crippen MR) is 37.9 cm³/mol. The molecule has 9 heavy (non-hydrogen) atoms. The molecule has 0 amide bonds. The molecule has 1 unspecified atom stereocenters. The van der Waals surface area contributed by atoms with E-state index in [1.165, 1.54) is 0 Å². The van der Waals surface area contributed by atoms with Gasteiger partial charge in [-0.2, -0.15) is 5.26 Å². The minimum atomic E-state index is 0.201. The van der Waals surface area contributed by atoms with E-state index in [2.05, 4.69) is 11.0 Å². The minimum Gasteiger partial charge on any atom is -0.309 e. The van der Waals surface area contributed by atoms with Crippen molar-refractivity contribution in [2.75, 3.05) is 20.6 Å². The van der Waals surface area contributed by atoms with E-state index in [0.717, 1.165) is 13.0 Å². The molecular formula is C7H14N2. The van der Waals surface area contributed by atoms with Crippen molar-refractivity contribution in [1.29, 1.82) is 5.26 Å². The summed E-state index contributed by atoms with van der Waals surface area (Å²) < 4.78 is 0. The molecule has 0 aliphatic rings. The van der Waals surface area contributed by atoms with Crippen LogP contribution in [0.4, 0.5) is 0 Å². The highest BCUT2D eigenvalue weighted by molar-refractivity contribution is 4.78. The highest BCUT2D eigenvalue weighted by Gasteiger charge is 1.98. The van der Waals surface area contributed by atoms with Crippen LogP contribution in [0.2, 0.25) is 0 Å². The molecule has 0 radical (unpaired) electrons. The number of nitriles is 1. The third-order valence-electron chi connectivity index (χ3n) is 1.23. The topological polar surface area (TPSA) is 27.0 Å². The smallest absolute Gasteiger partial charge is 0.0653 e. The Hall–Kier alpha value is -0.550. The van der Waals surface area contributed by atoms with Crippen LogP contribution in [-0.4, -0.2) is 25.5 Å². The second-order valence-corrected chi connectivity index (χ2v) is 2.62. The zero-order valence-electron chi connectivity index (χ0n) is 6.39. The molecule has 0 aromatic heterocycles. The lowest BCUT2D eigenvalue weighted by Gasteiger charge is -2.08. The third-order valence-corrected chi connectivity index (χ3v) is 1.23. The average Bonchev–Trinajstić information content (AvgIpc) is 1.83. The lowest BCUT2D eigenvalue weighted by molar-refractivity contribution is 0.381. The van der Waals surface area contributed by atoms with Gasteiger partial charge in [0, 0.05) is 5.92 Å². The summed E-state index contributed by atoms with van der Waals surface area (Å²) in [5, 5.41) is 8.38. The summed E-state index contributed by atoms with van der Waals surface area (Å²) >= 11 is 0. The summed E-state index contributed by atoms with van der Waals surface area (Å²) in [6.07, 6.45) is 0.976. The van der Waals surface area contributed by atoms with Crippen molar-refractivity contribution in [3.8, 4) is 6.07 Å². The van der Waals surface area contributed by atoms with Crippen LogP contribution in [0, 0.1) is 17.2 Å². The molecular weight excluding hydrogens is 112 g/mol. The highest BCUT2D eigenvalue weighted by atomic mass is 15.0. The molecule has 0 bridgehead atoms. The molecule has 52 valence electrons. The predicted octanol–water partition coefficient (Wildman–Crippen LogP) is 1.10. The van der Waals surface area contributed by atoms with E-state index in [4.69, 9.17) is 5.26 Å². The van der Waals surface area contributed by atoms with Crippen molar-refractivity contribution in [2.45, 2.75) is 13.3 Å². The molecule has 0 aliphatic heterocycles. The SMILES string of the molecule is CC(C#N)CCN(C)C. The Balaban J connectivity index is 3.19. The average molecular weight is 126 g/mol. The van der Waals surface area contributed by atoms with Gasteiger partial charge in [0.15, 0.2) is 0 Å². The maximum absolute atomic E-state index is 8.38. The van der Waals surface area contributed by atoms with Gasteiger partial charge in [-0.1, -0.05) is 0 Å². The van der Waals surface area contributed by atoms with Crippen LogP contribution in [0.5, 0.6) is 0 Å². The highest BCUT2D eigenvalue weighted by Crippen LogP contribution is 1.98. The number of rotatable bonds is 3.